The largest absolute Gasteiger partial charge is 0.264 e. The average molecular weight is 241 g/mol. The van der Waals surface area contributed by atoms with Gasteiger partial charge in [-0.25, -0.2) is 0 Å². The molecule has 0 unspecified atom stereocenters. The Bertz CT molecular complexity index is 481. The molecular weight excluding hydrogens is 235 g/mol. The van der Waals surface area contributed by atoms with Gasteiger partial charge in [0.05, 0.1) is 0 Å². The van der Waals surface area contributed by atoms with Crippen molar-refractivity contribution in [2.75, 3.05) is 0 Å². The summed E-state index contributed by atoms with van der Waals surface area (Å²) < 4.78 is 0. The summed E-state index contributed by atoms with van der Waals surface area (Å²) in [4.78, 5) is 15.6. The van der Waals surface area contributed by atoms with Crippen molar-refractivity contribution in [3.8, 4) is 11.4 Å². The highest BCUT2D eigenvalue weighted by Crippen LogP contribution is 2.20. The quantitative estimate of drug-likeness (QED) is 0.769. The maximum Gasteiger partial charge on any atom is 0.227 e. The van der Waals surface area contributed by atoms with E-state index in [0.29, 0.717) is 5.82 Å². The second-order valence-electron chi connectivity index (χ2n) is 2.89. The van der Waals surface area contributed by atoms with Crippen LogP contribution in [0.3, 0.4) is 0 Å². The fourth-order valence-electron chi connectivity index (χ4n) is 1.14. The smallest absolute Gasteiger partial charge is 0.227 e. The standard InChI is InChI=1S/C9H6Cl2N4/c1-5-2-3-12-4-6(5)7-13-8(10)15-9(11)14-7/h2-4H,1H3. The molecule has 2 aromatic heterocycles. The van der Waals surface area contributed by atoms with Crippen LogP contribution in [0.4, 0.5) is 0 Å². The average Bonchev–Trinajstić information content (AvgIpc) is 2.16. The van der Waals surface area contributed by atoms with E-state index in [9.17, 15) is 0 Å². The van der Waals surface area contributed by atoms with Gasteiger partial charge >= 0.3 is 0 Å². The zero-order valence-electron chi connectivity index (χ0n) is 7.78. The third-order valence-electron chi connectivity index (χ3n) is 1.86. The molecule has 0 aromatic carbocycles. The summed E-state index contributed by atoms with van der Waals surface area (Å²) in [5.74, 6) is 0.436. The Morgan fingerprint density at radius 2 is 1.73 bits per heavy atom. The topological polar surface area (TPSA) is 51.6 Å². The third-order valence-corrected chi connectivity index (χ3v) is 2.20. The van der Waals surface area contributed by atoms with Crippen LogP contribution in [0.15, 0.2) is 18.5 Å². The Morgan fingerprint density at radius 3 is 2.33 bits per heavy atom. The maximum atomic E-state index is 5.69. The van der Waals surface area contributed by atoms with Crippen LogP contribution in [0.2, 0.25) is 10.6 Å². The van der Waals surface area contributed by atoms with Crippen molar-refractivity contribution in [2.24, 2.45) is 0 Å². The first-order chi connectivity index (χ1) is 7.16. The number of rotatable bonds is 1. The van der Waals surface area contributed by atoms with Crippen LogP contribution in [0.5, 0.6) is 0 Å². The van der Waals surface area contributed by atoms with Gasteiger partial charge in [-0.05, 0) is 41.8 Å². The van der Waals surface area contributed by atoms with Crippen LogP contribution in [0.25, 0.3) is 11.4 Å². The second kappa shape index (κ2) is 4.08. The monoisotopic (exact) mass is 240 g/mol. The van der Waals surface area contributed by atoms with Gasteiger partial charge in [0.1, 0.15) is 0 Å². The molecule has 2 aromatic rings. The van der Waals surface area contributed by atoms with Gasteiger partial charge in [0.15, 0.2) is 5.82 Å². The molecule has 0 radical (unpaired) electrons. The molecule has 0 saturated carbocycles. The number of aryl methyl sites for hydroxylation is 1. The maximum absolute atomic E-state index is 5.69. The number of hydrogen-bond acceptors (Lipinski definition) is 4. The van der Waals surface area contributed by atoms with Gasteiger partial charge < -0.3 is 0 Å². The minimum absolute atomic E-state index is 0.0771. The summed E-state index contributed by atoms with van der Waals surface area (Å²) in [5, 5.41) is 0.154. The summed E-state index contributed by atoms with van der Waals surface area (Å²) in [6, 6.07) is 1.86. The molecule has 0 aliphatic rings. The van der Waals surface area contributed by atoms with E-state index >= 15 is 0 Å². The molecule has 0 spiro atoms. The molecule has 15 heavy (non-hydrogen) atoms. The zero-order chi connectivity index (χ0) is 10.8. The van der Waals surface area contributed by atoms with Gasteiger partial charge in [0, 0.05) is 18.0 Å². The van der Waals surface area contributed by atoms with Crippen molar-refractivity contribution in [2.45, 2.75) is 6.92 Å². The van der Waals surface area contributed by atoms with Crippen molar-refractivity contribution < 1.29 is 0 Å². The van der Waals surface area contributed by atoms with Gasteiger partial charge in [-0.1, -0.05) is 0 Å². The molecule has 2 rings (SSSR count). The van der Waals surface area contributed by atoms with Crippen molar-refractivity contribution in [3.05, 3.63) is 34.6 Å². The van der Waals surface area contributed by atoms with Crippen LogP contribution < -0.4 is 0 Å². The van der Waals surface area contributed by atoms with E-state index in [1.54, 1.807) is 12.4 Å². The first-order valence-electron chi connectivity index (χ1n) is 4.15. The summed E-state index contributed by atoms with van der Waals surface area (Å²) in [7, 11) is 0. The van der Waals surface area contributed by atoms with E-state index in [-0.39, 0.29) is 10.6 Å². The van der Waals surface area contributed by atoms with Crippen LogP contribution in [-0.4, -0.2) is 19.9 Å². The van der Waals surface area contributed by atoms with E-state index < -0.39 is 0 Å². The lowest BCUT2D eigenvalue weighted by Crippen LogP contribution is -1.95. The number of halogens is 2. The fraction of sp³-hybridized carbons (Fsp3) is 0.111. The molecule has 0 atom stereocenters. The lowest BCUT2D eigenvalue weighted by molar-refractivity contribution is 1.05. The van der Waals surface area contributed by atoms with Crippen LogP contribution in [0, 0.1) is 6.92 Å². The van der Waals surface area contributed by atoms with Crippen molar-refractivity contribution in [3.63, 3.8) is 0 Å². The van der Waals surface area contributed by atoms with E-state index in [0.717, 1.165) is 11.1 Å². The Balaban J connectivity index is 2.59. The van der Waals surface area contributed by atoms with Crippen molar-refractivity contribution in [1.82, 2.24) is 19.9 Å². The fourth-order valence-corrected chi connectivity index (χ4v) is 1.51. The summed E-state index contributed by atoms with van der Waals surface area (Å²) in [6.07, 6.45) is 3.36. The molecule has 2 heterocycles. The van der Waals surface area contributed by atoms with Gasteiger partial charge in [-0.15, -0.1) is 0 Å². The molecule has 4 nitrogen and oxygen atoms in total. The molecule has 0 aliphatic carbocycles. The number of nitrogens with zero attached hydrogens (tertiary/aromatic N) is 4. The molecular formula is C9H6Cl2N4. The summed E-state index contributed by atoms with van der Waals surface area (Å²) in [6.45, 7) is 1.93. The minimum atomic E-state index is 0.0771. The summed E-state index contributed by atoms with van der Waals surface area (Å²) in [5.41, 5.74) is 1.80. The minimum Gasteiger partial charge on any atom is -0.264 e. The molecule has 0 aliphatic heterocycles. The Hall–Kier alpha value is -1.26. The zero-order valence-corrected chi connectivity index (χ0v) is 9.29. The van der Waals surface area contributed by atoms with Gasteiger partial charge in [0.25, 0.3) is 0 Å². The molecule has 0 amide bonds. The first kappa shape index (κ1) is 10.3. The van der Waals surface area contributed by atoms with Crippen LogP contribution in [-0.2, 0) is 0 Å². The van der Waals surface area contributed by atoms with Gasteiger partial charge in [0.2, 0.25) is 10.6 Å². The Morgan fingerprint density at radius 1 is 1.07 bits per heavy atom. The van der Waals surface area contributed by atoms with E-state index in [4.69, 9.17) is 23.2 Å². The predicted molar refractivity (Wildman–Crippen MR) is 57.8 cm³/mol. The van der Waals surface area contributed by atoms with Crippen LogP contribution in [0.1, 0.15) is 5.56 Å². The second-order valence-corrected chi connectivity index (χ2v) is 3.56. The lowest BCUT2D eigenvalue weighted by atomic mass is 10.1. The number of aromatic nitrogens is 4. The van der Waals surface area contributed by atoms with Crippen molar-refractivity contribution in [1.29, 1.82) is 0 Å². The van der Waals surface area contributed by atoms with Crippen LogP contribution >= 0.6 is 23.2 Å². The van der Waals surface area contributed by atoms with E-state index in [1.165, 1.54) is 0 Å². The Kier molecular flexibility index (Phi) is 2.79. The first-order valence-corrected chi connectivity index (χ1v) is 4.90. The Labute approximate surface area is 96.3 Å². The molecule has 0 saturated heterocycles. The molecule has 0 fully saturated rings. The van der Waals surface area contributed by atoms with Gasteiger partial charge in [-0.2, -0.15) is 15.0 Å². The SMILES string of the molecule is Cc1ccncc1-c1nc(Cl)nc(Cl)n1. The lowest BCUT2D eigenvalue weighted by Gasteiger charge is -2.03. The number of pyridine rings is 1. The molecule has 76 valence electrons. The number of hydrogen-bond donors (Lipinski definition) is 0. The van der Waals surface area contributed by atoms with E-state index in [2.05, 4.69) is 19.9 Å². The normalized spacial score (nSPS) is 10.3. The molecule has 6 heteroatoms. The highest BCUT2D eigenvalue weighted by molar-refractivity contribution is 6.31. The third kappa shape index (κ3) is 2.22. The predicted octanol–water partition coefficient (Wildman–Crippen LogP) is 2.55. The van der Waals surface area contributed by atoms with Gasteiger partial charge in [-0.3, -0.25) is 4.98 Å². The highest BCUT2D eigenvalue weighted by atomic mass is 35.5. The van der Waals surface area contributed by atoms with Crippen molar-refractivity contribution >= 4 is 23.2 Å². The highest BCUT2D eigenvalue weighted by Gasteiger charge is 2.08. The van der Waals surface area contributed by atoms with E-state index in [1.807, 2.05) is 13.0 Å². The molecule has 0 bridgehead atoms. The summed E-state index contributed by atoms with van der Waals surface area (Å²) >= 11 is 11.4. The molecule has 0 N–H and O–H groups in total.